The van der Waals surface area contributed by atoms with Crippen molar-refractivity contribution in [2.45, 2.75) is 25.3 Å². The molecule has 0 aromatic rings. The summed E-state index contributed by atoms with van der Waals surface area (Å²) in [5, 5.41) is 19.5. The van der Waals surface area contributed by atoms with Gasteiger partial charge in [-0.05, 0) is 12.8 Å². The van der Waals surface area contributed by atoms with E-state index in [0.29, 0.717) is 19.4 Å². The van der Waals surface area contributed by atoms with Crippen LogP contribution < -0.4 is 16.8 Å². The summed E-state index contributed by atoms with van der Waals surface area (Å²) in [6, 6.07) is -0.883. The van der Waals surface area contributed by atoms with Crippen LogP contribution in [0.1, 0.15) is 19.3 Å². The second-order valence-electron chi connectivity index (χ2n) is 3.42. The van der Waals surface area contributed by atoms with E-state index in [1.54, 1.807) is 0 Å². The Hall–Kier alpha value is -1.83. The number of rotatable bonds is 8. The highest BCUT2D eigenvalue weighted by Crippen LogP contribution is 1.94. The molecule has 0 aliphatic rings. The van der Waals surface area contributed by atoms with E-state index >= 15 is 0 Å². The number of hydrogen-bond donors (Lipinski definition) is 5. The average molecular weight is 246 g/mol. The van der Waals surface area contributed by atoms with Gasteiger partial charge < -0.3 is 27.0 Å². The van der Waals surface area contributed by atoms with Gasteiger partial charge in [0, 0.05) is 13.1 Å². The number of carboxylic acid groups (broad SMARTS) is 2. The minimum atomic E-state index is -1.04. The summed E-state index contributed by atoms with van der Waals surface area (Å²) in [5.41, 5.74) is 10.7. The number of guanidine groups is 1. The highest BCUT2D eigenvalue weighted by atomic mass is 16.4. The highest BCUT2D eigenvalue weighted by Gasteiger charge is 2.09. The van der Waals surface area contributed by atoms with Gasteiger partial charge in [0.1, 0.15) is 6.04 Å². The Balaban J connectivity index is 3.63. The van der Waals surface area contributed by atoms with Crippen LogP contribution in [0.25, 0.3) is 0 Å². The zero-order valence-electron chi connectivity index (χ0n) is 9.43. The van der Waals surface area contributed by atoms with E-state index in [0.717, 1.165) is 0 Å². The largest absolute Gasteiger partial charge is 0.481 e. The first-order valence-electron chi connectivity index (χ1n) is 5.17. The van der Waals surface area contributed by atoms with Crippen LogP contribution in [0.5, 0.6) is 0 Å². The second kappa shape index (κ2) is 8.34. The Kier molecular flexibility index (Phi) is 7.44. The molecule has 0 bridgehead atoms. The molecule has 0 aliphatic carbocycles. The van der Waals surface area contributed by atoms with Crippen molar-refractivity contribution in [3.05, 3.63) is 0 Å². The van der Waals surface area contributed by atoms with Crippen molar-refractivity contribution in [1.82, 2.24) is 5.32 Å². The lowest BCUT2D eigenvalue weighted by Gasteiger charge is -2.05. The minimum absolute atomic E-state index is 0.0416. The number of aliphatic imine (C=N–C) groups is 1. The van der Waals surface area contributed by atoms with Crippen LogP contribution in [-0.2, 0) is 9.59 Å². The van der Waals surface area contributed by atoms with Gasteiger partial charge in [-0.3, -0.25) is 14.6 Å². The molecule has 0 rings (SSSR count). The van der Waals surface area contributed by atoms with Crippen LogP contribution in [0, 0.1) is 0 Å². The Bertz CT molecular complexity index is 293. The van der Waals surface area contributed by atoms with E-state index in [1.807, 2.05) is 0 Å². The van der Waals surface area contributed by atoms with Crippen LogP contribution in [-0.4, -0.2) is 47.2 Å². The summed E-state index contributed by atoms with van der Waals surface area (Å²) in [7, 11) is 0. The molecule has 0 amide bonds. The lowest BCUT2D eigenvalue weighted by molar-refractivity contribution is -0.139. The first-order valence-corrected chi connectivity index (χ1v) is 5.17. The smallest absolute Gasteiger partial charge is 0.320 e. The van der Waals surface area contributed by atoms with Crippen LogP contribution in [0.3, 0.4) is 0 Å². The van der Waals surface area contributed by atoms with E-state index in [4.69, 9.17) is 21.7 Å². The predicted octanol–water partition coefficient (Wildman–Crippen LogP) is -1.44. The Morgan fingerprint density at radius 1 is 1.35 bits per heavy atom. The number of nitrogens with two attached hydrogens (primary N) is 2. The monoisotopic (exact) mass is 246 g/mol. The molecule has 1 atom stereocenters. The standard InChI is InChI=1S/C9H18N4O4/c10-6(8(16)17)2-1-4-12-9(11)13-5-3-7(14)15/h6H,1-5,10H2,(H,14,15)(H,16,17)(H3,11,12,13)/t6-/m0/s1. The van der Waals surface area contributed by atoms with Crippen LogP contribution in [0.4, 0.5) is 0 Å². The SMILES string of the molecule is NC(=NCCC[C@H](N)C(=O)O)NCCC(=O)O. The van der Waals surface area contributed by atoms with Gasteiger partial charge in [0.25, 0.3) is 0 Å². The van der Waals surface area contributed by atoms with Gasteiger partial charge in [0.15, 0.2) is 5.96 Å². The molecule has 0 fully saturated rings. The molecule has 7 N–H and O–H groups in total. The van der Waals surface area contributed by atoms with E-state index in [9.17, 15) is 9.59 Å². The number of carbonyl (C=O) groups is 2. The van der Waals surface area contributed by atoms with Crippen LogP contribution in [0.2, 0.25) is 0 Å². The maximum Gasteiger partial charge on any atom is 0.320 e. The molecule has 0 saturated carbocycles. The van der Waals surface area contributed by atoms with E-state index < -0.39 is 18.0 Å². The Morgan fingerprint density at radius 3 is 2.53 bits per heavy atom. The fourth-order valence-corrected chi connectivity index (χ4v) is 0.988. The summed E-state index contributed by atoms with van der Waals surface area (Å²) in [6.07, 6.45) is 0.788. The first kappa shape index (κ1) is 15.2. The number of nitrogens with one attached hydrogen (secondary N) is 1. The van der Waals surface area contributed by atoms with Crippen molar-refractivity contribution in [3.8, 4) is 0 Å². The first-order chi connectivity index (χ1) is 7.93. The zero-order chi connectivity index (χ0) is 13.3. The van der Waals surface area contributed by atoms with E-state index in [1.165, 1.54) is 0 Å². The van der Waals surface area contributed by atoms with Crippen molar-refractivity contribution in [2.24, 2.45) is 16.5 Å². The van der Waals surface area contributed by atoms with Gasteiger partial charge in [-0.25, -0.2) is 0 Å². The summed E-state index contributed by atoms with van der Waals surface area (Å²) >= 11 is 0. The molecular weight excluding hydrogens is 228 g/mol. The second-order valence-corrected chi connectivity index (χ2v) is 3.42. The van der Waals surface area contributed by atoms with Crippen molar-refractivity contribution in [3.63, 3.8) is 0 Å². The summed E-state index contributed by atoms with van der Waals surface area (Å²) in [6.45, 7) is 0.562. The molecule has 8 heteroatoms. The molecule has 0 unspecified atom stereocenters. The van der Waals surface area contributed by atoms with Gasteiger partial charge in [0.2, 0.25) is 0 Å². The topological polar surface area (TPSA) is 151 Å². The molecular formula is C9H18N4O4. The normalized spacial score (nSPS) is 13.1. The third-order valence-electron chi connectivity index (χ3n) is 1.92. The molecule has 0 saturated heterocycles. The third kappa shape index (κ3) is 9.12. The van der Waals surface area contributed by atoms with Crippen LogP contribution >= 0.6 is 0 Å². The molecule has 0 aromatic carbocycles. The quantitative estimate of drug-likeness (QED) is 0.200. The van der Waals surface area contributed by atoms with Crippen molar-refractivity contribution in [2.75, 3.05) is 13.1 Å². The van der Waals surface area contributed by atoms with E-state index in [2.05, 4.69) is 10.3 Å². The number of aliphatic carboxylic acids is 2. The summed E-state index contributed by atoms with van der Waals surface area (Å²) in [5.74, 6) is -1.81. The molecule has 0 aromatic heterocycles. The minimum Gasteiger partial charge on any atom is -0.481 e. The van der Waals surface area contributed by atoms with E-state index in [-0.39, 0.29) is 18.9 Å². The third-order valence-corrected chi connectivity index (χ3v) is 1.92. The predicted molar refractivity (Wildman–Crippen MR) is 61.6 cm³/mol. The maximum atomic E-state index is 10.4. The molecule has 98 valence electrons. The molecule has 17 heavy (non-hydrogen) atoms. The number of carboxylic acids is 2. The van der Waals surface area contributed by atoms with Gasteiger partial charge in [-0.15, -0.1) is 0 Å². The molecule has 0 heterocycles. The van der Waals surface area contributed by atoms with Crippen LogP contribution in [0.15, 0.2) is 4.99 Å². The van der Waals surface area contributed by atoms with Gasteiger partial charge in [-0.1, -0.05) is 0 Å². The zero-order valence-corrected chi connectivity index (χ0v) is 9.43. The maximum absolute atomic E-state index is 10.4. The fourth-order valence-electron chi connectivity index (χ4n) is 0.988. The highest BCUT2D eigenvalue weighted by molar-refractivity contribution is 5.78. The van der Waals surface area contributed by atoms with Crippen molar-refractivity contribution in [1.29, 1.82) is 0 Å². The van der Waals surface area contributed by atoms with Crippen molar-refractivity contribution < 1.29 is 19.8 Å². The summed E-state index contributed by atoms with van der Waals surface area (Å²) < 4.78 is 0. The molecule has 8 nitrogen and oxygen atoms in total. The molecule has 0 radical (unpaired) electrons. The lowest BCUT2D eigenvalue weighted by atomic mass is 10.2. The van der Waals surface area contributed by atoms with Gasteiger partial charge in [-0.2, -0.15) is 0 Å². The fraction of sp³-hybridized carbons (Fsp3) is 0.667. The Morgan fingerprint density at radius 2 is 2.00 bits per heavy atom. The van der Waals surface area contributed by atoms with Gasteiger partial charge >= 0.3 is 11.9 Å². The lowest BCUT2D eigenvalue weighted by Crippen LogP contribution is -2.33. The van der Waals surface area contributed by atoms with Gasteiger partial charge in [0.05, 0.1) is 6.42 Å². The molecule has 0 aliphatic heterocycles. The average Bonchev–Trinajstić information content (AvgIpc) is 2.23. The summed E-state index contributed by atoms with van der Waals surface area (Å²) in [4.78, 5) is 24.5. The Labute approximate surface area is 98.7 Å². The number of hydrogen-bond acceptors (Lipinski definition) is 4. The van der Waals surface area contributed by atoms with Crippen molar-refractivity contribution >= 4 is 17.9 Å². The number of nitrogens with zero attached hydrogens (tertiary/aromatic N) is 1. The molecule has 0 spiro atoms.